The molecule has 11 heavy (non-hydrogen) atoms. The fraction of sp³-hybridized carbons (Fsp3) is 1.00. The van der Waals surface area contributed by atoms with Gasteiger partial charge in [0.05, 0.1) is 5.75 Å². The molecule has 4 nitrogen and oxygen atoms in total. The van der Waals surface area contributed by atoms with Gasteiger partial charge in [0.2, 0.25) is 10.0 Å². The Labute approximate surface area is 67.6 Å². The summed E-state index contributed by atoms with van der Waals surface area (Å²) in [4.78, 5) is 0. The Morgan fingerprint density at radius 2 is 1.91 bits per heavy atom. The van der Waals surface area contributed by atoms with E-state index in [1.54, 1.807) is 6.92 Å². The lowest BCUT2D eigenvalue weighted by Crippen LogP contribution is -2.44. The van der Waals surface area contributed by atoms with Gasteiger partial charge >= 0.3 is 0 Å². The van der Waals surface area contributed by atoms with E-state index in [9.17, 15) is 8.42 Å². The molecule has 1 aliphatic rings. The number of nitrogens with zero attached hydrogens (tertiary/aromatic N) is 2. The van der Waals surface area contributed by atoms with E-state index >= 15 is 0 Å². The quantitative estimate of drug-likeness (QED) is 0.557. The van der Waals surface area contributed by atoms with Gasteiger partial charge in [0, 0.05) is 26.2 Å². The average molecular weight is 177 g/mol. The van der Waals surface area contributed by atoms with E-state index in [1.165, 1.54) is 4.31 Å². The molecule has 0 amide bonds. The van der Waals surface area contributed by atoms with E-state index in [2.05, 4.69) is 5.32 Å². The molecule has 0 N–H and O–H groups in total. The minimum atomic E-state index is -2.95. The third kappa shape index (κ3) is 2.15. The van der Waals surface area contributed by atoms with Crippen LogP contribution in [0.25, 0.3) is 0 Å². The number of sulfonamides is 1. The van der Waals surface area contributed by atoms with Crippen molar-refractivity contribution in [3.8, 4) is 0 Å². The second-order valence-electron chi connectivity index (χ2n) is 2.47. The van der Waals surface area contributed by atoms with Crippen LogP contribution in [0, 0.1) is 0 Å². The molecule has 1 heterocycles. The highest BCUT2D eigenvalue weighted by Crippen LogP contribution is 2.02. The highest BCUT2D eigenvalue weighted by molar-refractivity contribution is 7.89. The van der Waals surface area contributed by atoms with Crippen molar-refractivity contribution in [2.45, 2.75) is 6.92 Å². The van der Waals surface area contributed by atoms with Gasteiger partial charge in [0.15, 0.2) is 0 Å². The van der Waals surface area contributed by atoms with Crippen LogP contribution in [0.5, 0.6) is 0 Å². The first-order valence-electron chi connectivity index (χ1n) is 3.78. The molecule has 5 heteroatoms. The molecule has 1 saturated heterocycles. The molecule has 0 aromatic heterocycles. The van der Waals surface area contributed by atoms with Crippen LogP contribution in [-0.2, 0) is 10.0 Å². The van der Waals surface area contributed by atoms with Crippen LogP contribution in [0.15, 0.2) is 0 Å². The zero-order valence-corrected chi connectivity index (χ0v) is 7.47. The van der Waals surface area contributed by atoms with E-state index in [0.29, 0.717) is 26.2 Å². The molecular weight excluding hydrogens is 164 g/mol. The molecule has 1 radical (unpaired) electrons. The van der Waals surface area contributed by atoms with Gasteiger partial charge in [-0.2, -0.15) is 4.31 Å². The van der Waals surface area contributed by atoms with Crippen molar-refractivity contribution in [1.29, 1.82) is 0 Å². The van der Waals surface area contributed by atoms with E-state index in [1.807, 2.05) is 0 Å². The van der Waals surface area contributed by atoms with Crippen LogP contribution < -0.4 is 5.32 Å². The van der Waals surface area contributed by atoms with Gasteiger partial charge < -0.3 is 0 Å². The van der Waals surface area contributed by atoms with Crippen LogP contribution in [0.4, 0.5) is 0 Å². The molecule has 0 unspecified atom stereocenters. The summed E-state index contributed by atoms with van der Waals surface area (Å²) in [5, 5.41) is 4.07. The van der Waals surface area contributed by atoms with Crippen LogP contribution in [-0.4, -0.2) is 44.7 Å². The van der Waals surface area contributed by atoms with Crippen molar-refractivity contribution < 1.29 is 8.42 Å². The first kappa shape index (κ1) is 8.96. The molecule has 1 rings (SSSR count). The van der Waals surface area contributed by atoms with Crippen LogP contribution in [0.1, 0.15) is 6.92 Å². The summed E-state index contributed by atoms with van der Waals surface area (Å²) in [5.41, 5.74) is 0. The van der Waals surface area contributed by atoms with E-state index < -0.39 is 10.0 Å². The standard InChI is InChI=1S/C6H13N2O2S/c1-2-11(9,10)8-5-3-7-4-6-8/h2-6H2,1H3. The smallest absolute Gasteiger partial charge is 0.213 e. The van der Waals surface area contributed by atoms with Gasteiger partial charge in [-0.1, -0.05) is 0 Å². The highest BCUT2D eigenvalue weighted by atomic mass is 32.2. The van der Waals surface area contributed by atoms with Gasteiger partial charge in [-0.25, -0.2) is 13.7 Å². The fourth-order valence-electron chi connectivity index (χ4n) is 1.05. The highest BCUT2D eigenvalue weighted by Gasteiger charge is 2.21. The molecule has 1 fully saturated rings. The summed E-state index contributed by atoms with van der Waals surface area (Å²) in [5.74, 6) is 0.201. The molecule has 1 aliphatic heterocycles. The van der Waals surface area contributed by atoms with Crippen molar-refractivity contribution >= 4 is 10.0 Å². The van der Waals surface area contributed by atoms with Gasteiger partial charge in [-0.3, -0.25) is 0 Å². The molecule has 0 aliphatic carbocycles. The average Bonchev–Trinajstić information content (AvgIpc) is 2.06. The summed E-state index contributed by atoms with van der Waals surface area (Å²) < 4.78 is 24.0. The van der Waals surface area contributed by atoms with Crippen molar-refractivity contribution in [2.75, 3.05) is 31.9 Å². The molecule has 0 atom stereocenters. The Morgan fingerprint density at radius 3 is 2.36 bits per heavy atom. The second-order valence-corrected chi connectivity index (χ2v) is 4.73. The molecule has 65 valence electrons. The molecule has 0 aromatic rings. The Balaban J connectivity index is 2.58. The predicted molar refractivity (Wildman–Crippen MR) is 42.9 cm³/mol. The first-order chi connectivity index (χ1) is 5.17. The number of hydrogen-bond donors (Lipinski definition) is 0. The minimum absolute atomic E-state index is 0.201. The summed E-state index contributed by atoms with van der Waals surface area (Å²) in [7, 11) is -2.95. The third-order valence-corrected chi connectivity index (χ3v) is 3.65. The Hall–Kier alpha value is -0.130. The zero-order chi connectivity index (χ0) is 8.32. The summed E-state index contributed by atoms with van der Waals surface area (Å²) >= 11 is 0. The Bertz CT molecular complexity index is 207. The lowest BCUT2D eigenvalue weighted by atomic mass is 10.4. The SMILES string of the molecule is CCS(=O)(=O)N1CC[N]CC1. The number of rotatable bonds is 2. The van der Waals surface area contributed by atoms with Crippen molar-refractivity contribution in [1.82, 2.24) is 9.62 Å². The van der Waals surface area contributed by atoms with Gasteiger partial charge in [-0.05, 0) is 6.92 Å². The maximum Gasteiger partial charge on any atom is 0.213 e. The molecule has 0 spiro atoms. The normalized spacial score (nSPS) is 21.9. The minimum Gasteiger partial charge on any atom is -0.239 e. The number of piperazine rings is 1. The van der Waals surface area contributed by atoms with Crippen molar-refractivity contribution in [3.05, 3.63) is 0 Å². The predicted octanol–water partition coefficient (Wildman–Crippen LogP) is -0.744. The lowest BCUT2D eigenvalue weighted by Gasteiger charge is -2.24. The fourth-order valence-corrected chi connectivity index (χ4v) is 2.13. The van der Waals surface area contributed by atoms with Gasteiger partial charge in [0.1, 0.15) is 0 Å². The molecular formula is C6H13N2O2S. The van der Waals surface area contributed by atoms with E-state index in [4.69, 9.17) is 0 Å². The van der Waals surface area contributed by atoms with Crippen LogP contribution in [0.2, 0.25) is 0 Å². The molecule has 0 saturated carbocycles. The molecule has 0 bridgehead atoms. The zero-order valence-electron chi connectivity index (χ0n) is 6.65. The summed E-state index contributed by atoms with van der Waals surface area (Å²) in [6, 6.07) is 0. The van der Waals surface area contributed by atoms with Gasteiger partial charge in [-0.15, -0.1) is 0 Å². The largest absolute Gasteiger partial charge is 0.239 e. The van der Waals surface area contributed by atoms with Crippen molar-refractivity contribution in [2.24, 2.45) is 0 Å². The topological polar surface area (TPSA) is 51.5 Å². The van der Waals surface area contributed by atoms with Gasteiger partial charge in [0.25, 0.3) is 0 Å². The third-order valence-electron chi connectivity index (χ3n) is 1.77. The first-order valence-corrected chi connectivity index (χ1v) is 5.39. The lowest BCUT2D eigenvalue weighted by molar-refractivity contribution is 0.357. The monoisotopic (exact) mass is 177 g/mol. The van der Waals surface area contributed by atoms with Crippen LogP contribution >= 0.6 is 0 Å². The summed E-state index contributed by atoms with van der Waals surface area (Å²) in [6.07, 6.45) is 0. The summed E-state index contributed by atoms with van der Waals surface area (Å²) in [6.45, 7) is 4.10. The maximum atomic E-state index is 11.2. The van der Waals surface area contributed by atoms with E-state index in [-0.39, 0.29) is 5.75 Å². The second kappa shape index (κ2) is 3.51. The molecule has 0 aromatic carbocycles. The maximum absolute atomic E-state index is 11.2. The van der Waals surface area contributed by atoms with E-state index in [0.717, 1.165) is 0 Å². The van der Waals surface area contributed by atoms with Crippen LogP contribution in [0.3, 0.4) is 0 Å². The Morgan fingerprint density at radius 1 is 1.36 bits per heavy atom. The number of hydrogen-bond acceptors (Lipinski definition) is 2. The Kier molecular flexibility index (Phi) is 2.86. The van der Waals surface area contributed by atoms with Crippen molar-refractivity contribution in [3.63, 3.8) is 0 Å².